The Balaban J connectivity index is 2.64. The van der Waals surface area contributed by atoms with Crippen LogP contribution < -0.4 is 0 Å². The molecule has 0 spiro atoms. The molecule has 11 heavy (non-hydrogen) atoms. The van der Waals surface area contributed by atoms with E-state index in [9.17, 15) is 0 Å². The Hall–Kier alpha value is -0.560. The fraction of sp³-hybridized carbons (Fsp3) is 0.600. The SMILES string of the molecule is [2H]C([2H])=C(C)[C@@H]1CC=C(C([2H])O)CC1. The summed E-state index contributed by atoms with van der Waals surface area (Å²) in [4.78, 5) is 0. The Bertz CT molecular complexity index is 265. The maximum atomic E-state index is 9.02. The average molecular weight is 155 g/mol. The average Bonchev–Trinajstić information content (AvgIpc) is 2.16. The van der Waals surface area contributed by atoms with Gasteiger partial charge < -0.3 is 5.11 Å². The Labute approximate surface area is 72.6 Å². The summed E-state index contributed by atoms with van der Waals surface area (Å²) < 4.78 is 21.5. The molecule has 1 nitrogen and oxygen atoms in total. The zero-order valence-electron chi connectivity index (χ0n) is 9.80. The summed E-state index contributed by atoms with van der Waals surface area (Å²) in [6.45, 7) is 0.626. The Morgan fingerprint density at radius 2 is 2.91 bits per heavy atom. The first kappa shape index (κ1) is 5.15. The lowest BCUT2D eigenvalue weighted by atomic mass is 9.86. The van der Waals surface area contributed by atoms with Gasteiger partial charge in [-0.1, -0.05) is 18.2 Å². The van der Waals surface area contributed by atoms with Crippen LogP contribution in [0.3, 0.4) is 0 Å². The molecular weight excluding hydrogens is 136 g/mol. The van der Waals surface area contributed by atoms with Crippen LogP contribution in [-0.2, 0) is 0 Å². The summed E-state index contributed by atoms with van der Waals surface area (Å²) in [5.74, 6) is 0.252. The summed E-state index contributed by atoms with van der Waals surface area (Å²) in [6.07, 6.45) is 4.17. The van der Waals surface area contributed by atoms with E-state index >= 15 is 0 Å². The van der Waals surface area contributed by atoms with Gasteiger partial charge in [0.05, 0.1) is 10.7 Å². The van der Waals surface area contributed by atoms with Crippen LogP contribution in [0.1, 0.15) is 30.3 Å². The third-order valence-corrected chi connectivity index (χ3v) is 2.22. The molecule has 0 bridgehead atoms. The minimum atomic E-state index is -1.09. The van der Waals surface area contributed by atoms with E-state index < -0.39 is 6.58 Å². The number of rotatable bonds is 2. The second kappa shape index (κ2) is 3.72. The largest absolute Gasteiger partial charge is 0.392 e. The van der Waals surface area contributed by atoms with Crippen LogP contribution in [0.4, 0.5) is 0 Å². The molecule has 1 rings (SSSR count). The summed E-state index contributed by atoms with van der Waals surface area (Å²) in [5, 5.41) is 9.02. The predicted octanol–water partition coefficient (Wildman–Crippen LogP) is 2.28. The third kappa shape index (κ3) is 2.19. The molecule has 1 aliphatic rings. The minimum absolute atomic E-state index is 0.0988. The number of hydrogen-bond donors (Lipinski definition) is 1. The van der Waals surface area contributed by atoms with Crippen LogP contribution >= 0.6 is 0 Å². The van der Waals surface area contributed by atoms with Gasteiger partial charge in [-0.15, -0.1) is 0 Å². The van der Waals surface area contributed by atoms with Crippen molar-refractivity contribution in [1.82, 2.24) is 0 Å². The summed E-state index contributed by atoms with van der Waals surface area (Å²) in [5.41, 5.74) is 1.57. The van der Waals surface area contributed by atoms with Crippen LogP contribution in [0.2, 0.25) is 0 Å². The predicted molar refractivity (Wildman–Crippen MR) is 47.3 cm³/mol. The summed E-state index contributed by atoms with van der Waals surface area (Å²) in [7, 11) is 0. The molecule has 0 radical (unpaired) electrons. The molecule has 0 heterocycles. The van der Waals surface area contributed by atoms with E-state index in [0.29, 0.717) is 6.42 Å². The highest BCUT2D eigenvalue weighted by molar-refractivity contribution is 5.11. The third-order valence-electron chi connectivity index (χ3n) is 2.22. The van der Waals surface area contributed by atoms with E-state index in [1.54, 1.807) is 0 Å². The maximum Gasteiger partial charge on any atom is 0.0641 e. The standard InChI is InChI=1S/C10H16O/c1-8(2)10-5-3-9(7-11)4-6-10/h3,10-11H,1,4-7H2,2H3/t10-/m1/s1/i1D2,7D/t7?,10-. The zero-order chi connectivity index (χ0) is 10.7. The zero-order valence-corrected chi connectivity index (χ0v) is 6.80. The van der Waals surface area contributed by atoms with E-state index in [1.165, 1.54) is 0 Å². The molecule has 0 aromatic rings. The van der Waals surface area contributed by atoms with Crippen molar-refractivity contribution in [2.24, 2.45) is 5.92 Å². The minimum Gasteiger partial charge on any atom is -0.392 e. The second-order valence-electron chi connectivity index (χ2n) is 3.06. The molecule has 1 aliphatic carbocycles. The van der Waals surface area contributed by atoms with Crippen molar-refractivity contribution in [2.45, 2.75) is 26.2 Å². The van der Waals surface area contributed by atoms with Crippen molar-refractivity contribution in [3.63, 3.8) is 0 Å². The van der Waals surface area contributed by atoms with Gasteiger partial charge in [-0.2, -0.15) is 0 Å². The number of aliphatic hydroxyl groups excluding tert-OH is 1. The molecule has 0 amide bonds. The normalized spacial score (nSPS) is 30.9. The second-order valence-corrected chi connectivity index (χ2v) is 3.06. The molecule has 62 valence electrons. The Morgan fingerprint density at radius 1 is 2.09 bits per heavy atom. The lowest BCUT2D eigenvalue weighted by Crippen LogP contribution is -2.07. The Kier molecular flexibility index (Phi) is 1.74. The number of aliphatic hydroxyl groups is 1. The van der Waals surface area contributed by atoms with Crippen LogP contribution in [0.5, 0.6) is 0 Å². The summed E-state index contributed by atoms with van der Waals surface area (Å²) in [6, 6.07) is 0. The monoisotopic (exact) mass is 155 g/mol. The van der Waals surface area contributed by atoms with E-state index in [1.807, 2.05) is 13.0 Å². The molecule has 0 saturated heterocycles. The number of hydrogen-bond acceptors (Lipinski definition) is 1. The van der Waals surface area contributed by atoms with E-state index in [4.69, 9.17) is 9.22 Å². The molecular formula is C10H16O. The Morgan fingerprint density at radius 3 is 3.36 bits per heavy atom. The summed E-state index contributed by atoms with van der Waals surface area (Å²) >= 11 is 0. The van der Waals surface area contributed by atoms with Gasteiger partial charge in [0.25, 0.3) is 0 Å². The van der Waals surface area contributed by atoms with Crippen LogP contribution in [0.25, 0.3) is 0 Å². The molecule has 0 aliphatic heterocycles. The highest BCUT2D eigenvalue weighted by atomic mass is 16.3. The smallest absolute Gasteiger partial charge is 0.0641 e. The maximum absolute atomic E-state index is 9.02. The van der Waals surface area contributed by atoms with E-state index in [0.717, 1.165) is 24.0 Å². The van der Waals surface area contributed by atoms with Crippen molar-refractivity contribution >= 4 is 0 Å². The quantitative estimate of drug-likeness (QED) is 0.606. The van der Waals surface area contributed by atoms with Gasteiger partial charge >= 0.3 is 0 Å². The number of allylic oxidation sites excluding steroid dienone is 2. The van der Waals surface area contributed by atoms with Crippen molar-refractivity contribution < 1.29 is 9.22 Å². The first-order chi connectivity index (χ1) is 6.52. The lowest BCUT2D eigenvalue weighted by molar-refractivity contribution is 0.319. The molecule has 0 aromatic heterocycles. The molecule has 1 unspecified atom stereocenters. The molecule has 1 heteroatoms. The molecule has 0 aromatic carbocycles. The van der Waals surface area contributed by atoms with E-state index in [2.05, 4.69) is 0 Å². The topological polar surface area (TPSA) is 20.2 Å². The lowest BCUT2D eigenvalue weighted by Gasteiger charge is -2.20. The molecule has 0 fully saturated rings. The van der Waals surface area contributed by atoms with Gasteiger partial charge in [-0.25, -0.2) is 0 Å². The van der Waals surface area contributed by atoms with Crippen molar-refractivity contribution in [3.8, 4) is 0 Å². The molecule has 2 atom stereocenters. The van der Waals surface area contributed by atoms with Crippen molar-refractivity contribution in [2.75, 3.05) is 6.58 Å². The van der Waals surface area contributed by atoms with Crippen molar-refractivity contribution in [3.05, 3.63) is 23.8 Å². The fourth-order valence-corrected chi connectivity index (χ4v) is 1.36. The van der Waals surface area contributed by atoms with E-state index in [-0.39, 0.29) is 12.4 Å². The molecule has 1 N–H and O–H groups in total. The van der Waals surface area contributed by atoms with Gasteiger partial charge in [0.15, 0.2) is 0 Å². The van der Waals surface area contributed by atoms with Gasteiger partial charge in [-0.05, 0) is 37.7 Å². The van der Waals surface area contributed by atoms with Gasteiger partial charge in [0.2, 0.25) is 0 Å². The first-order valence-corrected chi connectivity index (χ1v) is 3.95. The van der Waals surface area contributed by atoms with Gasteiger partial charge in [-0.3, -0.25) is 0 Å². The van der Waals surface area contributed by atoms with Gasteiger partial charge in [0, 0.05) is 0 Å². The highest BCUT2D eigenvalue weighted by Crippen LogP contribution is 2.27. The first-order valence-electron chi connectivity index (χ1n) is 5.53. The van der Waals surface area contributed by atoms with Crippen molar-refractivity contribution in [1.29, 1.82) is 0 Å². The fourth-order valence-electron chi connectivity index (χ4n) is 1.36. The van der Waals surface area contributed by atoms with Crippen LogP contribution in [0.15, 0.2) is 23.8 Å². The van der Waals surface area contributed by atoms with Crippen LogP contribution in [0, 0.1) is 5.92 Å². The van der Waals surface area contributed by atoms with Gasteiger partial charge in [0.1, 0.15) is 0 Å². The molecule has 0 saturated carbocycles. The highest BCUT2D eigenvalue weighted by Gasteiger charge is 2.13. The van der Waals surface area contributed by atoms with Crippen LogP contribution in [-0.4, -0.2) is 11.7 Å².